The van der Waals surface area contributed by atoms with E-state index in [1.165, 1.54) is 0 Å². The topological polar surface area (TPSA) is 72.3 Å². The maximum atomic E-state index is 13.1. The number of fused-ring (bicyclic) bond motifs is 1. The Labute approximate surface area is 144 Å². The van der Waals surface area contributed by atoms with E-state index in [1.807, 2.05) is 24.2 Å². The van der Waals surface area contributed by atoms with Crippen molar-refractivity contribution >= 4 is 11.9 Å². The zero-order valence-electron chi connectivity index (χ0n) is 13.9. The van der Waals surface area contributed by atoms with Gasteiger partial charge in [0.1, 0.15) is 5.69 Å². The van der Waals surface area contributed by atoms with Crippen LogP contribution in [0.15, 0.2) is 30.7 Å². The minimum absolute atomic E-state index is 0.0814. The van der Waals surface area contributed by atoms with E-state index in [2.05, 4.69) is 15.3 Å². The molecule has 0 aliphatic carbocycles. The van der Waals surface area contributed by atoms with Crippen LogP contribution < -0.4 is 10.2 Å². The molecule has 25 heavy (non-hydrogen) atoms. The maximum absolute atomic E-state index is 13.1. The number of hydrogen-bond donors (Lipinski definition) is 1. The molecule has 2 aromatic heterocycles. The Kier molecular flexibility index (Phi) is 4.12. The summed E-state index contributed by atoms with van der Waals surface area (Å²) >= 11 is 0. The van der Waals surface area contributed by atoms with Crippen molar-refractivity contribution in [1.82, 2.24) is 19.9 Å². The lowest BCUT2D eigenvalue weighted by Crippen LogP contribution is -2.47. The Morgan fingerprint density at radius 1 is 1.40 bits per heavy atom. The van der Waals surface area contributed by atoms with E-state index in [9.17, 15) is 9.18 Å². The predicted octanol–water partition coefficient (Wildman–Crippen LogP) is 1.12. The summed E-state index contributed by atoms with van der Waals surface area (Å²) in [7, 11) is 1.84. The van der Waals surface area contributed by atoms with E-state index in [0.29, 0.717) is 24.8 Å². The first kappa shape index (κ1) is 16.0. The van der Waals surface area contributed by atoms with Crippen LogP contribution in [-0.2, 0) is 11.8 Å². The molecule has 2 aliphatic heterocycles. The number of aryl methyl sites for hydroxylation is 1. The fourth-order valence-electron chi connectivity index (χ4n) is 3.71. The number of amides is 1. The standard InChI is InChI=1S/C17H20FN5O2/c1-22-6-2-4-14(22)16(24)21-12-10-23(13-5-3-7-25-15(12)13)17-19-8-11(18)9-20-17/h2,4,6,8-9,12-13,15H,3,5,7,10H2,1H3,(H,21,24)/t12-,13-,15-/m1/s1. The molecule has 0 unspecified atom stereocenters. The fraction of sp³-hybridized carbons (Fsp3) is 0.471. The molecule has 4 rings (SSSR count). The molecule has 3 atom stereocenters. The Balaban J connectivity index is 1.55. The Bertz CT molecular complexity index is 763. The Morgan fingerprint density at radius 2 is 2.20 bits per heavy atom. The summed E-state index contributed by atoms with van der Waals surface area (Å²) in [5.41, 5.74) is 0.601. The monoisotopic (exact) mass is 345 g/mol. The second kappa shape index (κ2) is 6.44. The van der Waals surface area contributed by atoms with Gasteiger partial charge in [-0.1, -0.05) is 0 Å². The maximum Gasteiger partial charge on any atom is 0.268 e. The van der Waals surface area contributed by atoms with Gasteiger partial charge in [-0.2, -0.15) is 0 Å². The molecule has 0 bridgehead atoms. The quantitative estimate of drug-likeness (QED) is 0.903. The molecule has 0 radical (unpaired) electrons. The second-order valence-electron chi connectivity index (χ2n) is 6.48. The first-order valence-corrected chi connectivity index (χ1v) is 8.41. The first-order chi connectivity index (χ1) is 12.1. The molecular weight excluding hydrogens is 325 g/mol. The van der Waals surface area contributed by atoms with Crippen molar-refractivity contribution in [2.75, 3.05) is 18.1 Å². The van der Waals surface area contributed by atoms with Gasteiger partial charge in [-0.05, 0) is 25.0 Å². The summed E-state index contributed by atoms with van der Waals surface area (Å²) in [6, 6.07) is 3.53. The first-order valence-electron chi connectivity index (χ1n) is 8.41. The van der Waals surface area contributed by atoms with Crippen molar-refractivity contribution in [3.05, 3.63) is 42.2 Å². The van der Waals surface area contributed by atoms with Gasteiger partial charge < -0.3 is 19.5 Å². The van der Waals surface area contributed by atoms with E-state index in [1.54, 1.807) is 10.6 Å². The SMILES string of the molecule is Cn1cccc1C(=O)N[C@@H]1CN(c2ncc(F)cn2)[C@@H]2CCCO[C@@H]21. The smallest absolute Gasteiger partial charge is 0.268 e. The molecule has 4 heterocycles. The average Bonchev–Trinajstić information content (AvgIpc) is 3.20. The minimum atomic E-state index is -0.465. The average molecular weight is 345 g/mol. The number of nitrogens with one attached hydrogen (secondary N) is 1. The van der Waals surface area contributed by atoms with Gasteiger partial charge in [-0.3, -0.25) is 4.79 Å². The molecule has 2 aliphatic rings. The molecule has 7 nitrogen and oxygen atoms in total. The molecule has 2 aromatic rings. The van der Waals surface area contributed by atoms with Gasteiger partial charge in [-0.25, -0.2) is 14.4 Å². The van der Waals surface area contributed by atoms with E-state index in [4.69, 9.17) is 4.74 Å². The number of halogens is 1. The third-order valence-electron chi connectivity index (χ3n) is 4.88. The van der Waals surface area contributed by atoms with Gasteiger partial charge in [0.05, 0.1) is 30.6 Å². The number of carbonyl (C=O) groups excluding carboxylic acids is 1. The van der Waals surface area contributed by atoms with E-state index >= 15 is 0 Å². The molecule has 2 fully saturated rings. The van der Waals surface area contributed by atoms with Crippen molar-refractivity contribution < 1.29 is 13.9 Å². The fourth-order valence-corrected chi connectivity index (χ4v) is 3.71. The van der Waals surface area contributed by atoms with Crippen LogP contribution in [0.4, 0.5) is 10.3 Å². The van der Waals surface area contributed by atoms with Crippen molar-refractivity contribution in [3.8, 4) is 0 Å². The normalized spacial score (nSPS) is 25.7. The summed E-state index contributed by atoms with van der Waals surface area (Å²) < 4.78 is 20.9. The third kappa shape index (κ3) is 2.97. The number of hydrogen-bond acceptors (Lipinski definition) is 5. The van der Waals surface area contributed by atoms with Crippen molar-refractivity contribution in [2.24, 2.45) is 7.05 Å². The van der Waals surface area contributed by atoms with Crippen LogP contribution in [0, 0.1) is 5.82 Å². The van der Waals surface area contributed by atoms with Crippen LogP contribution in [-0.4, -0.2) is 51.8 Å². The molecule has 2 saturated heterocycles. The van der Waals surface area contributed by atoms with Gasteiger partial charge >= 0.3 is 0 Å². The molecule has 0 saturated carbocycles. The number of carbonyl (C=O) groups is 1. The van der Waals surface area contributed by atoms with E-state index < -0.39 is 5.82 Å². The van der Waals surface area contributed by atoms with Crippen molar-refractivity contribution in [1.29, 1.82) is 0 Å². The zero-order chi connectivity index (χ0) is 17.4. The summed E-state index contributed by atoms with van der Waals surface area (Å²) in [5.74, 6) is -0.127. The highest BCUT2D eigenvalue weighted by Crippen LogP contribution is 2.31. The molecule has 132 valence electrons. The predicted molar refractivity (Wildman–Crippen MR) is 88.8 cm³/mol. The lowest BCUT2D eigenvalue weighted by atomic mass is 10.0. The molecule has 1 N–H and O–H groups in total. The third-order valence-corrected chi connectivity index (χ3v) is 4.88. The number of aromatic nitrogens is 3. The zero-order valence-corrected chi connectivity index (χ0v) is 13.9. The number of nitrogens with zero attached hydrogens (tertiary/aromatic N) is 4. The van der Waals surface area contributed by atoms with Gasteiger partial charge in [-0.15, -0.1) is 0 Å². The summed E-state index contributed by atoms with van der Waals surface area (Å²) in [6.07, 6.45) is 5.92. The highest BCUT2D eigenvalue weighted by molar-refractivity contribution is 5.93. The lowest BCUT2D eigenvalue weighted by molar-refractivity contribution is 0.000568. The van der Waals surface area contributed by atoms with Gasteiger partial charge in [0.25, 0.3) is 5.91 Å². The van der Waals surface area contributed by atoms with Crippen LogP contribution in [0.25, 0.3) is 0 Å². The molecule has 1 amide bonds. The van der Waals surface area contributed by atoms with Crippen LogP contribution in [0.1, 0.15) is 23.3 Å². The van der Waals surface area contributed by atoms with Gasteiger partial charge in [0.2, 0.25) is 5.95 Å². The number of anilines is 1. The number of ether oxygens (including phenoxy) is 1. The molecule has 0 spiro atoms. The van der Waals surface area contributed by atoms with E-state index in [0.717, 1.165) is 25.2 Å². The van der Waals surface area contributed by atoms with Gasteiger partial charge in [0, 0.05) is 26.4 Å². The Morgan fingerprint density at radius 3 is 2.92 bits per heavy atom. The highest BCUT2D eigenvalue weighted by atomic mass is 19.1. The summed E-state index contributed by atoms with van der Waals surface area (Å²) in [4.78, 5) is 22.8. The Hall–Kier alpha value is -2.48. The van der Waals surface area contributed by atoms with Crippen LogP contribution in [0.5, 0.6) is 0 Å². The molecular formula is C17H20FN5O2. The minimum Gasteiger partial charge on any atom is -0.374 e. The van der Waals surface area contributed by atoms with Crippen LogP contribution >= 0.6 is 0 Å². The van der Waals surface area contributed by atoms with Crippen molar-refractivity contribution in [2.45, 2.75) is 31.0 Å². The van der Waals surface area contributed by atoms with Crippen LogP contribution in [0.3, 0.4) is 0 Å². The summed E-state index contributed by atoms with van der Waals surface area (Å²) in [5, 5.41) is 3.08. The van der Waals surface area contributed by atoms with Crippen molar-refractivity contribution in [3.63, 3.8) is 0 Å². The second-order valence-corrected chi connectivity index (χ2v) is 6.48. The van der Waals surface area contributed by atoms with Gasteiger partial charge in [0.15, 0.2) is 5.82 Å². The lowest BCUT2D eigenvalue weighted by Gasteiger charge is -2.32. The highest BCUT2D eigenvalue weighted by Gasteiger charge is 2.45. The summed E-state index contributed by atoms with van der Waals surface area (Å²) in [6.45, 7) is 1.22. The van der Waals surface area contributed by atoms with E-state index in [-0.39, 0.29) is 24.1 Å². The molecule has 0 aromatic carbocycles. The molecule has 8 heteroatoms. The largest absolute Gasteiger partial charge is 0.374 e. The number of rotatable bonds is 3. The van der Waals surface area contributed by atoms with Crippen LogP contribution in [0.2, 0.25) is 0 Å².